The van der Waals surface area contributed by atoms with Gasteiger partial charge in [0, 0.05) is 18.2 Å². The minimum absolute atomic E-state index is 0.336. The van der Waals surface area contributed by atoms with Gasteiger partial charge in [0.25, 0.3) is 0 Å². The lowest BCUT2D eigenvalue weighted by atomic mass is 10.0. The van der Waals surface area contributed by atoms with Crippen LogP contribution < -0.4 is 10.1 Å². The van der Waals surface area contributed by atoms with E-state index in [4.69, 9.17) is 4.74 Å². The molecule has 1 aliphatic heterocycles. The van der Waals surface area contributed by atoms with E-state index in [-0.39, 0.29) is 0 Å². The molecule has 112 valence electrons. The number of aryl methyl sites for hydroxylation is 1. The third-order valence-electron chi connectivity index (χ3n) is 4.01. The van der Waals surface area contributed by atoms with Gasteiger partial charge >= 0.3 is 0 Å². The van der Waals surface area contributed by atoms with Gasteiger partial charge in [0.1, 0.15) is 12.4 Å². The zero-order chi connectivity index (χ0) is 14.4. The van der Waals surface area contributed by atoms with Crippen LogP contribution in [-0.2, 0) is 0 Å². The summed E-state index contributed by atoms with van der Waals surface area (Å²) in [6.07, 6.45) is 2.68. The lowest BCUT2D eigenvalue weighted by molar-refractivity contribution is 0.235. The van der Waals surface area contributed by atoms with Gasteiger partial charge in [0.15, 0.2) is 0 Å². The van der Waals surface area contributed by atoms with Gasteiger partial charge in [-0.2, -0.15) is 0 Å². The highest BCUT2D eigenvalue weighted by Crippen LogP contribution is 2.26. The molecule has 1 N–H and O–H groups in total. The van der Waals surface area contributed by atoms with E-state index >= 15 is 0 Å². The van der Waals surface area contributed by atoms with Crippen molar-refractivity contribution in [3.05, 3.63) is 29.3 Å². The van der Waals surface area contributed by atoms with Crippen molar-refractivity contribution in [1.82, 2.24) is 10.2 Å². The summed E-state index contributed by atoms with van der Waals surface area (Å²) in [7, 11) is 0. The van der Waals surface area contributed by atoms with Gasteiger partial charge in [-0.15, -0.1) is 0 Å². The molecular weight excluding hydrogens is 248 g/mol. The third kappa shape index (κ3) is 4.22. The van der Waals surface area contributed by atoms with Crippen molar-refractivity contribution in [2.45, 2.75) is 39.7 Å². The minimum atomic E-state index is 0.336. The molecule has 3 nitrogen and oxygen atoms in total. The molecule has 0 radical (unpaired) electrons. The Kier molecular flexibility index (Phi) is 5.86. The zero-order valence-corrected chi connectivity index (χ0v) is 13.1. The largest absolute Gasteiger partial charge is 0.492 e. The molecule has 1 aromatic carbocycles. The molecule has 1 atom stereocenters. The van der Waals surface area contributed by atoms with E-state index in [2.05, 4.69) is 49.2 Å². The fourth-order valence-electron chi connectivity index (χ4n) is 2.83. The van der Waals surface area contributed by atoms with Crippen LogP contribution in [0.4, 0.5) is 0 Å². The molecule has 1 unspecified atom stereocenters. The van der Waals surface area contributed by atoms with E-state index in [1.165, 1.54) is 37.1 Å². The number of nitrogens with zero attached hydrogens (tertiary/aromatic N) is 1. The van der Waals surface area contributed by atoms with Crippen LogP contribution in [0.1, 0.15) is 43.9 Å². The normalized spacial score (nSPS) is 17.4. The van der Waals surface area contributed by atoms with Crippen LogP contribution in [-0.4, -0.2) is 37.7 Å². The summed E-state index contributed by atoms with van der Waals surface area (Å²) in [6.45, 7) is 11.7. The SMILES string of the molecule is CCNC(C)c1ccc(C)cc1OCCN1CCCC1. The fraction of sp³-hybridized carbons (Fsp3) is 0.647. The van der Waals surface area contributed by atoms with Crippen LogP contribution in [0.3, 0.4) is 0 Å². The van der Waals surface area contributed by atoms with Crippen molar-refractivity contribution in [2.75, 3.05) is 32.8 Å². The quantitative estimate of drug-likeness (QED) is 0.828. The summed E-state index contributed by atoms with van der Waals surface area (Å²) >= 11 is 0. The first-order valence-electron chi connectivity index (χ1n) is 7.89. The molecule has 0 amide bonds. The van der Waals surface area contributed by atoms with E-state index in [1.54, 1.807) is 0 Å². The van der Waals surface area contributed by atoms with Crippen LogP contribution >= 0.6 is 0 Å². The number of ether oxygens (including phenoxy) is 1. The van der Waals surface area contributed by atoms with Gasteiger partial charge in [0.05, 0.1) is 0 Å². The molecule has 1 fully saturated rings. The molecule has 0 saturated carbocycles. The molecule has 0 aromatic heterocycles. The van der Waals surface area contributed by atoms with Crippen LogP contribution in [0.2, 0.25) is 0 Å². The molecule has 20 heavy (non-hydrogen) atoms. The standard InChI is InChI=1S/C17H28N2O/c1-4-18-15(3)16-8-7-14(2)13-17(16)20-12-11-19-9-5-6-10-19/h7-8,13,15,18H,4-6,9-12H2,1-3H3. The van der Waals surface area contributed by atoms with Crippen LogP contribution in [0.15, 0.2) is 18.2 Å². The Morgan fingerprint density at radius 3 is 2.75 bits per heavy atom. The number of rotatable bonds is 7. The van der Waals surface area contributed by atoms with Crippen LogP contribution in [0.25, 0.3) is 0 Å². The third-order valence-corrected chi connectivity index (χ3v) is 4.01. The van der Waals surface area contributed by atoms with Gasteiger partial charge < -0.3 is 10.1 Å². The summed E-state index contributed by atoms with van der Waals surface area (Å²) in [4.78, 5) is 2.49. The van der Waals surface area contributed by atoms with Gasteiger partial charge in [-0.25, -0.2) is 0 Å². The monoisotopic (exact) mass is 276 g/mol. The van der Waals surface area contributed by atoms with E-state index in [0.29, 0.717) is 6.04 Å². The molecule has 1 aliphatic rings. The van der Waals surface area contributed by atoms with Crippen molar-refractivity contribution in [2.24, 2.45) is 0 Å². The van der Waals surface area contributed by atoms with E-state index in [1.807, 2.05) is 0 Å². The predicted octanol–water partition coefficient (Wildman–Crippen LogP) is 3.14. The first-order valence-corrected chi connectivity index (χ1v) is 7.89. The average Bonchev–Trinajstić information content (AvgIpc) is 2.92. The van der Waals surface area contributed by atoms with Crippen molar-refractivity contribution >= 4 is 0 Å². The second-order valence-corrected chi connectivity index (χ2v) is 5.72. The smallest absolute Gasteiger partial charge is 0.124 e. The molecule has 0 spiro atoms. The van der Waals surface area contributed by atoms with Gasteiger partial charge in [-0.05, 0) is 58.0 Å². The number of hydrogen-bond acceptors (Lipinski definition) is 3. The Labute approximate surface area is 123 Å². The van der Waals surface area contributed by atoms with Crippen LogP contribution in [0, 0.1) is 6.92 Å². The highest BCUT2D eigenvalue weighted by atomic mass is 16.5. The highest BCUT2D eigenvalue weighted by Gasteiger charge is 2.13. The molecule has 0 bridgehead atoms. The second-order valence-electron chi connectivity index (χ2n) is 5.72. The first kappa shape index (κ1) is 15.3. The summed E-state index contributed by atoms with van der Waals surface area (Å²) in [6, 6.07) is 6.85. The summed E-state index contributed by atoms with van der Waals surface area (Å²) in [5, 5.41) is 3.46. The number of hydrogen-bond donors (Lipinski definition) is 1. The van der Waals surface area contributed by atoms with Crippen molar-refractivity contribution in [1.29, 1.82) is 0 Å². The molecule has 1 heterocycles. The number of nitrogens with one attached hydrogen (secondary N) is 1. The Bertz CT molecular complexity index is 413. The fourth-order valence-corrected chi connectivity index (χ4v) is 2.83. The summed E-state index contributed by atoms with van der Waals surface area (Å²) in [5.41, 5.74) is 2.52. The molecule has 1 saturated heterocycles. The number of benzene rings is 1. The molecule has 1 aromatic rings. The van der Waals surface area contributed by atoms with Crippen molar-refractivity contribution in [3.63, 3.8) is 0 Å². The lowest BCUT2D eigenvalue weighted by Gasteiger charge is -2.20. The maximum atomic E-state index is 6.07. The van der Waals surface area contributed by atoms with E-state index in [0.717, 1.165) is 25.4 Å². The maximum absolute atomic E-state index is 6.07. The Hall–Kier alpha value is -1.06. The Balaban J connectivity index is 1.95. The molecule has 0 aliphatic carbocycles. The first-order chi connectivity index (χ1) is 9.70. The van der Waals surface area contributed by atoms with Crippen LogP contribution in [0.5, 0.6) is 5.75 Å². The Morgan fingerprint density at radius 2 is 2.05 bits per heavy atom. The van der Waals surface area contributed by atoms with Crippen molar-refractivity contribution < 1.29 is 4.74 Å². The van der Waals surface area contributed by atoms with E-state index in [9.17, 15) is 0 Å². The molecule has 3 heteroatoms. The maximum Gasteiger partial charge on any atom is 0.124 e. The lowest BCUT2D eigenvalue weighted by Crippen LogP contribution is -2.25. The topological polar surface area (TPSA) is 24.5 Å². The summed E-state index contributed by atoms with van der Waals surface area (Å²) in [5.74, 6) is 1.04. The predicted molar refractivity (Wildman–Crippen MR) is 84.4 cm³/mol. The van der Waals surface area contributed by atoms with Gasteiger partial charge in [-0.3, -0.25) is 4.90 Å². The second kappa shape index (κ2) is 7.65. The molecule has 2 rings (SSSR count). The Morgan fingerprint density at radius 1 is 1.30 bits per heavy atom. The van der Waals surface area contributed by atoms with Gasteiger partial charge in [-0.1, -0.05) is 19.1 Å². The minimum Gasteiger partial charge on any atom is -0.492 e. The van der Waals surface area contributed by atoms with Crippen molar-refractivity contribution in [3.8, 4) is 5.75 Å². The number of likely N-dealkylation sites (tertiary alicyclic amines) is 1. The highest BCUT2D eigenvalue weighted by molar-refractivity contribution is 5.39. The average molecular weight is 276 g/mol. The molecular formula is C17H28N2O. The van der Waals surface area contributed by atoms with Gasteiger partial charge in [0.2, 0.25) is 0 Å². The van der Waals surface area contributed by atoms with E-state index < -0.39 is 0 Å². The zero-order valence-electron chi connectivity index (χ0n) is 13.1. The summed E-state index contributed by atoms with van der Waals surface area (Å²) < 4.78 is 6.07.